The molecule has 1 heterocycles. The van der Waals surface area contributed by atoms with Crippen LogP contribution < -0.4 is 0 Å². The van der Waals surface area contributed by atoms with Gasteiger partial charge in [-0.3, -0.25) is 4.79 Å². The lowest BCUT2D eigenvalue weighted by molar-refractivity contribution is -0.332. The SMILES string of the molecule is C=C1OC2(C[C@H]3C[C@@H](OC(=O)c4ccccc4)[C@H](/C=C/C(=O)CCC#CC)[C@H]3C2)O1. The van der Waals surface area contributed by atoms with Gasteiger partial charge in [0, 0.05) is 31.6 Å². The lowest BCUT2D eigenvalue weighted by atomic mass is 9.90. The number of allylic oxidation sites excluding steroid dienone is 1. The Morgan fingerprint density at radius 3 is 2.73 bits per heavy atom. The number of ether oxygens (including phenoxy) is 3. The second-order valence-corrected chi connectivity index (χ2v) is 8.19. The Kier molecular flexibility index (Phi) is 5.67. The van der Waals surface area contributed by atoms with Crippen LogP contribution >= 0.6 is 0 Å². The number of fused-ring (bicyclic) bond motifs is 1. The minimum atomic E-state index is -0.590. The maximum absolute atomic E-state index is 12.6. The Morgan fingerprint density at radius 1 is 1.27 bits per heavy atom. The molecule has 5 nitrogen and oxygen atoms in total. The zero-order valence-corrected chi connectivity index (χ0v) is 17.1. The van der Waals surface area contributed by atoms with Crippen molar-refractivity contribution in [2.75, 3.05) is 0 Å². The molecule has 4 atom stereocenters. The van der Waals surface area contributed by atoms with Crippen molar-refractivity contribution in [2.45, 2.75) is 50.9 Å². The summed E-state index contributed by atoms with van der Waals surface area (Å²) in [7, 11) is 0. The van der Waals surface area contributed by atoms with Crippen molar-refractivity contribution in [1.82, 2.24) is 0 Å². The third kappa shape index (κ3) is 4.14. The van der Waals surface area contributed by atoms with Crippen molar-refractivity contribution < 1.29 is 23.8 Å². The van der Waals surface area contributed by atoms with E-state index in [1.165, 1.54) is 0 Å². The number of ketones is 1. The highest BCUT2D eigenvalue weighted by Crippen LogP contribution is 2.58. The fourth-order valence-electron chi connectivity index (χ4n) is 4.97. The number of benzene rings is 1. The maximum Gasteiger partial charge on any atom is 0.338 e. The number of rotatable bonds is 6. The molecule has 0 radical (unpaired) electrons. The Bertz CT molecular complexity index is 912. The third-order valence-electron chi connectivity index (χ3n) is 6.23. The molecule has 1 aromatic carbocycles. The molecule has 1 saturated heterocycles. The van der Waals surface area contributed by atoms with E-state index >= 15 is 0 Å². The van der Waals surface area contributed by atoms with E-state index < -0.39 is 5.79 Å². The molecular formula is C25H26O5. The van der Waals surface area contributed by atoms with Crippen molar-refractivity contribution in [1.29, 1.82) is 0 Å². The summed E-state index contributed by atoms with van der Waals surface area (Å²) in [4.78, 5) is 24.9. The van der Waals surface area contributed by atoms with Crippen LogP contribution in [0.15, 0.2) is 55.0 Å². The van der Waals surface area contributed by atoms with E-state index in [4.69, 9.17) is 14.2 Å². The molecule has 5 heteroatoms. The highest BCUT2D eigenvalue weighted by Gasteiger charge is 2.60. The minimum Gasteiger partial charge on any atom is -0.458 e. The molecule has 0 bridgehead atoms. The summed E-state index contributed by atoms with van der Waals surface area (Å²) in [5.41, 5.74) is 0.532. The van der Waals surface area contributed by atoms with Crippen molar-refractivity contribution in [2.24, 2.45) is 17.8 Å². The topological polar surface area (TPSA) is 61.8 Å². The number of hydrogen-bond acceptors (Lipinski definition) is 5. The van der Waals surface area contributed by atoms with Gasteiger partial charge >= 0.3 is 5.97 Å². The van der Waals surface area contributed by atoms with Crippen molar-refractivity contribution in [3.63, 3.8) is 0 Å². The largest absolute Gasteiger partial charge is 0.458 e. The van der Waals surface area contributed by atoms with Gasteiger partial charge in [0.05, 0.1) is 5.56 Å². The summed E-state index contributed by atoms with van der Waals surface area (Å²) in [5.74, 6) is 5.67. The molecule has 156 valence electrons. The summed E-state index contributed by atoms with van der Waals surface area (Å²) >= 11 is 0. The molecule has 1 spiro atoms. The van der Waals surface area contributed by atoms with Crippen LogP contribution in [0.2, 0.25) is 0 Å². The van der Waals surface area contributed by atoms with Crippen LogP contribution in [-0.4, -0.2) is 23.6 Å². The summed E-state index contributed by atoms with van der Waals surface area (Å²) in [5, 5.41) is 0. The zero-order chi connectivity index (χ0) is 21.1. The van der Waals surface area contributed by atoms with E-state index in [-0.39, 0.29) is 29.7 Å². The molecular weight excluding hydrogens is 380 g/mol. The van der Waals surface area contributed by atoms with Gasteiger partial charge in [-0.05, 0) is 50.0 Å². The van der Waals surface area contributed by atoms with E-state index in [1.54, 1.807) is 25.1 Å². The van der Waals surface area contributed by atoms with Crippen molar-refractivity contribution >= 4 is 11.8 Å². The quantitative estimate of drug-likeness (QED) is 0.398. The van der Waals surface area contributed by atoms with Gasteiger partial charge in [0.25, 0.3) is 11.7 Å². The predicted molar refractivity (Wildman–Crippen MR) is 111 cm³/mol. The average molecular weight is 406 g/mol. The minimum absolute atomic E-state index is 0.0339. The second-order valence-electron chi connectivity index (χ2n) is 8.19. The van der Waals surface area contributed by atoms with E-state index in [0.717, 1.165) is 12.8 Å². The van der Waals surface area contributed by atoms with Gasteiger partial charge < -0.3 is 14.2 Å². The average Bonchev–Trinajstić information content (AvgIpc) is 3.21. The van der Waals surface area contributed by atoms with Gasteiger partial charge in [-0.2, -0.15) is 0 Å². The summed E-state index contributed by atoms with van der Waals surface area (Å²) in [6, 6.07) is 8.99. The van der Waals surface area contributed by atoms with E-state index in [2.05, 4.69) is 18.4 Å². The fraction of sp³-hybridized carbons (Fsp3) is 0.440. The summed E-state index contributed by atoms with van der Waals surface area (Å²) in [6.07, 6.45) is 6.41. The first-order valence-corrected chi connectivity index (χ1v) is 10.4. The molecule has 2 aliphatic carbocycles. The first-order valence-electron chi connectivity index (χ1n) is 10.4. The highest BCUT2D eigenvalue weighted by atomic mass is 16.9. The first kappa shape index (κ1) is 20.3. The summed E-state index contributed by atoms with van der Waals surface area (Å²) in [6.45, 7) is 5.46. The Morgan fingerprint density at radius 2 is 2.03 bits per heavy atom. The molecule has 0 aromatic heterocycles. The molecule has 0 amide bonds. The molecule has 3 fully saturated rings. The number of hydrogen-bond donors (Lipinski definition) is 0. The van der Waals surface area contributed by atoms with Crippen LogP contribution in [0.25, 0.3) is 0 Å². The number of carbonyl (C=O) groups excluding carboxylic acids is 2. The predicted octanol–water partition coefficient (Wildman–Crippen LogP) is 4.40. The smallest absolute Gasteiger partial charge is 0.338 e. The Hall–Kier alpha value is -3.00. The highest BCUT2D eigenvalue weighted by molar-refractivity contribution is 5.90. The number of esters is 1. The van der Waals surface area contributed by atoms with Gasteiger partial charge in [0.15, 0.2) is 5.78 Å². The van der Waals surface area contributed by atoms with E-state index in [1.807, 2.05) is 24.3 Å². The molecule has 1 aliphatic heterocycles. The van der Waals surface area contributed by atoms with Crippen molar-refractivity contribution in [3.05, 3.63) is 60.6 Å². The normalized spacial score (nSPS) is 28.1. The van der Waals surface area contributed by atoms with Gasteiger partial charge in [-0.15, -0.1) is 11.8 Å². The molecule has 0 N–H and O–H groups in total. The molecule has 1 aromatic rings. The van der Waals surface area contributed by atoms with E-state index in [9.17, 15) is 9.59 Å². The first-order chi connectivity index (χ1) is 14.5. The van der Waals surface area contributed by atoms with Gasteiger partial charge in [0.1, 0.15) is 6.10 Å². The third-order valence-corrected chi connectivity index (χ3v) is 6.23. The van der Waals surface area contributed by atoms with Gasteiger partial charge in [-0.1, -0.05) is 24.3 Å². The molecule has 2 saturated carbocycles. The summed E-state index contributed by atoms with van der Waals surface area (Å²) < 4.78 is 17.3. The van der Waals surface area contributed by atoms with Crippen LogP contribution in [0, 0.1) is 29.6 Å². The second kappa shape index (κ2) is 8.39. The fourth-order valence-corrected chi connectivity index (χ4v) is 4.97. The van der Waals surface area contributed by atoms with Crippen molar-refractivity contribution in [3.8, 4) is 11.8 Å². The number of carbonyl (C=O) groups is 2. The van der Waals surface area contributed by atoms with E-state index in [0.29, 0.717) is 36.7 Å². The standard InChI is InChI=1S/C25H26O5/c1-3-4-6-11-20(26)12-13-21-22-16-25(29-17(2)30-25)15-19(22)14-23(21)28-24(27)18-9-7-5-8-10-18/h5,7-10,12-13,19,21-23H,2,6,11,14-16H2,1H3/b13-12+/t19-,21-,22+,23-/m1/s1. The van der Waals surface area contributed by atoms with Crippen LogP contribution in [-0.2, 0) is 19.0 Å². The van der Waals surface area contributed by atoms with Crippen LogP contribution in [0.3, 0.4) is 0 Å². The molecule has 3 aliphatic rings. The van der Waals surface area contributed by atoms with Gasteiger partial charge in [0.2, 0.25) is 0 Å². The maximum atomic E-state index is 12.6. The monoisotopic (exact) mass is 406 g/mol. The lowest BCUT2D eigenvalue weighted by Gasteiger charge is -2.41. The lowest BCUT2D eigenvalue weighted by Crippen LogP contribution is -2.43. The zero-order valence-electron chi connectivity index (χ0n) is 17.1. The Balaban J connectivity index is 1.47. The Labute approximate surface area is 177 Å². The van der Waals surface area contributed by atoms with Crippen LogP contribution in [0.1, 0.15) is 49.4 Å². The van der Waals surface area contributed by atoms with Crippen LogP contribution in [0.4, 0.5) is 0 Å². The molecule has 30 heavy (non-hydrogen) atoms. The van der Waals surface area contributed by atoms with Gasteiger partial charge in [-0.25, -0.2) is 4.79 Å². The molecule has 4 rings (SSSR count). The van der Waals surface area contributed by atoms with Crippen LogP contribution in [0.5, 0.6) is 0 Å². The molecule has 0 unspecified atom stereocenters.